The normalized spacial score (nSPS) is 11.4. The summed E-state index contributed by atoms with van der Waals surface area (Å²) in [5.74, 6) is 0.157. The molecule has 21 heavy (non-hydrogen) atoms. The van der Waals surface area contributed by atoms with Gasteiger partial charge in [-0.05, 0) is 24.1 Å². The number of nitrogens with one attached hydrogen (secondary N) is 2. The van der Waals surface area contributed by atoms with Gasteiger partial charge in [0.15, 0.2) is 5.82 Å². The molecular formula is C16H20FN3O. The molecule has 2 aromatic rings. The molecule has 0 aliphatic heterocycles. The zero-order valence-electron chi connectivity index (χ0n) is 12.5. The molecule has 0 unspecified atom stereocenters. The average Bonchev–Trinajstić information content (AvgIpc) is 2.86. The van der Waals surface area contributed by atoms with Gasteiger partial charge in [-0.1, -0.05) is 32.9 Å². The van der Waals surface area contributed by atoms with Gasteiger partial charge < -0.3 is 5.32 Å². The molecule has 4 nitrogen and oxygen atoms in total. The van der Waals surface area contributed by atoms with E-state index >= 15 is 0 Å². The third-order valence-electron chi connectivity index (χ3n) is 3.21. The third-order valence-corrected chi connectivity index (χ3v) is 3.21. The summed E-state index contributed by atoms with van der Waals surface area (Å²) in [6, 6.07) is 8.02. The van der Waals surface area contributed by atoms with Gasteiger partial charge in [0.1, 0.15) is 5.82 Å². The van der Waals surface area contributed by atoms with Crippen LogP contribution >= 0.6 is 0 Å². The number of anilines is 1. The summed E-state index contributed by atoms with van der Waals surface area (Å²) in [7, 11) is 0. The Bertz CT molecular complexity index is 611. The summed E-state index contributed by atoms with van der Waals surface area (Å²) in [6.07, 6.45) is 0.909. The van der Waals surface area contributed by atoms with Crippen molar-refractivity contribution in [3.05, 3.63) is 47.4 Å². The van der Waals surface area contributed by atoms with Crippen LogP contribution in [-0.4, -0.2) is 16.1 Å². The lowest BCUT2D eigenvalue weighted by atomic mass is 9.92. The number of carbonyl (C=O) groups is 1. The fourth-order valence-corrected chi connectivity index (χ4v) is 1.88. The lowest BCUT2D eigenvalue weighted by Crippen LogP contribution is -2.13. The van der Waals surface area contributed by atoms with E-state index in [1.54, 1.807) is 12.1 Å². The number of aryl methyl sites for hydroxylation is 1. The fraction of sp³-hybridized carbons (Fsp3) is 0.375. The maximum atomic E-state index is 12.8. The second-order valence-corrected chi connectivity index (χ2v) is 6.09. The van der Waals surface area contributed by atoms with E-state index in [1.165, 1.54) is 12.1 Å². The first kappa shape index (κ1) is 15.2. The molecule has 2 N–H and O–H groups in total. The Labute approximate surface area is 123 Å². The number of aromatic amines is 1. The van der Waals surface area contributed by atoms with Gasteiger partial charge in [0, 0.05) is 23.6 Å². The predicted molar refractivity (Wildman–Crippen MR) is 80.6 cm³/mol. The molecule has 0 aliphatic rings. The zero-order chi connectivity index (χ0) is 15.5. The van der Waals surface area contributed by atoms with Crippen LogP contribution in [0.2, 0.25) is 0 Å². The van der Waals surface area contributed by atoms with Crippen LogP contribution in [0.15, 0.2) is 30.3 Å². The number of rotatable bonds is 4. The number of aromatic nitrogens is 2. The van der Waals surface area contributed by atoms with Crippen molar-refractivity contribution in [2.24, 2.45) is 0 Å². The van der Waals surface area contributed by atoms with Crippen molar-refractivity contribution in [2.45, 2.75) is 39.0 Å². The molecule has 0 aliphatic carbocycles. The molecule has 1 heterocycles. The highest BCUT2D eigenvalue weighted by Gasteiger charge is 2.17. The van der Waals surface area contributed by atoms with Crippen molar-refractivity contribution >= 4 is 11.7 Å². The molecule has 0 bridgehead atoms. The van der Waals surface area contributed by atoms with E-state index in [2.05, 4.69) is 36.3 Å². The summed E-state index contributed by atoms with van der Waals surface area (Å²) in [5, 5.41) is 9.77. The minimum absolute atomic E-state index is 0.0376. The number of hydrogen-bond acceptors (Lipinski definition) is 2. The Kier molecular flexibility index (Phi) is 4.40. The largest absolute Gasteiger partial charge is 0.309 e. The molecule has 0 radical (unpaired) electrons. The first-order valence-electron chi connectivity index (χ1n) is 6.95. The molecular weight excluding hydrogens is 269 g/mol. The number of H-pyrrole nitrogens is 1. The van der Waals surface area contributed by atoms with Gasteiger partial charge >= 0.3 is 0 Å². The monoisotopic (exact) mass is 289 g/mol. The summed E-state index contributed by atoms with van der Waals surface area (Å²) in [5.41, 5.74) is 1.87. The van der Waals surface area contributed by atoms with Gasteiger partial charge in [-0.25, -0.2) is 4.39 Å². The van der Waals surface area contributed by atoms with E-state index in [1.807, 2.05) is 6.07 Å². The fourth-order valence-electron chi connectivity index (χ4n) is 1.88. The number of nitrogens with zero attached hydrogens (tertiary/aromatic N) is 1. The zero-order valence-corrected chi connectivity index (χ0v) is 12.5. The van der Waals surface area contributed by atoms with Crippen molar-refractivity contribution < 1.29 is 9.18 Å². The van der Waals surface area contributed by atoms with E-state index in [-0.39, 0.29) is 17.1 Å². The summed E-state index contributed by atoms with van der Waals surface area (Å²) in [4.78, 5) is 11.9. The maximum Gasteiger partial charge on any atom is 0.225 e. The number of benzene rings is 1. The highest BCUT2D eigenvalue weighted by atomic mass is 19.1. The molecule has 1 amide bonds. The van der Waals surface area contributed by atoms with Crippen molar-refractivity contribution in [2.75, 3.05) is 5.32 Å². The molecule has 5 heteroatoms. The van der Waals surface area contributed by atoms with Crippen molar-refractivity contribution in [3.63, 3.8) is 0 Å². The Morgan fingerprint density at radius 2 is 1.95 bits per heavy atom. The van der Waals surface area contributed by atoms with Crippen LogP contribution in [0.3, 0.4) is 0 Å². The number of hydrogen-bond donors (Lipinski definition) is 2. The highest BCUT2D eigenvalue weighted by Crippen LogP contribution is 2.21. The van der Waals surface area contributed by atoms with E-state index in [4.69, 9.17) is 0 Å². The predicted octanol–water partition coefficient (Wildman–Crippen LogP) is 3.42. The van der Waals surface area contributed by atoms with Crippen LogP contribution in [0.5, 0.6) is 0 Å². The summed E-state index contributed by atoms with van der Waals surface area (Å²) < 4.78 is 12.8. The van der Waals surface area contributed by atoms with Crippen LogP contribution in [0.25, 0.3) is 0 Å². The highest BCUT2D eigenvalue weighted by molar-refractivity contribution is 5.89. The van der Waals surface area contributed by atoms with Gasteiger partial charge in [0.05, 0.1) is 0 Å². The van der Waals surface area contributed by atoms with Crippen LogP contribution in [-0.2, 0) is 16.6 Å². The van der Waals surface area contributed by atoms with Crippen molar-refractivity contribution in [1.29, 1.82) is 0 Å². The van der Waals surface area contributed by atoms with Gasteiger partial charge in [-0.2, -0.15) is 5.10 Å². The van der Waals surface area contributed by atoms with Crippen LogP contribution in [0.4, 0.5) is 10.2 Å². The lowest BCUT2D eigenvalue weighted by Gasteiger charge is -2.14. The van der Waals surface area contributed by atoms with Crippen molar-refractivity contribution in [3.8, 4) is 0 Å². The van der Waals surface area contributed by atoms with Crippen LogP contribution in [0.1, 0.15) is 38.4 Å². The number of halogens is 1. The third kappa shape index (κ3) is 4.41. The molecule has 0 spiro atoms. The standard InChI is InChI=1S/C16H20FN3O/c1-16(2,3)13-10-14(20-19-13)18-15(21)9-6-11-4-7-12(17)8-5-11/h4-5,7-8,10H,6,9H2,1-3H3,(H2,18,19,20,21). The molecule has 112 valence electrons. The van der Waals surface area contributed by atoms with E-state index in [9.17, 15) is 9.18 Å². The van der Waals surface area contributed by atoms with E-state index in [0.29, 0.717) is 18.7 Å². The van der Waals surface area contributed by atoms with Crippen LogP contribution in [0, 0.1) is 5.82 Å². The average molecular weight is 289 g/mol. The number of carbonyl (C=O) groups excluding carboxylic acids is 1. The van der Waals surface area contributed by atoms with Gasteiger partial charge in [-0.15, -0.1) is 0 Å². The molecule has 1 aromatic heterocycles. The topological polar surface area (TPSA) is 57.8 Å². The Hall–Kier alpha value is -2.17. The smallest absolute Gasteiger partial charge is 0.225 e. The molecule has 0 fully saturated rings. The van der Waals surface area contributed by atoms with Crippen molar-refractivity contribution in [1.82, 2.24) is 10.2 Å². The second-order valence-electron chi connectivity index (χ2n) is 6.09. The number of amides is 1. The Balaban J connectivity index is 1.87. The first-order valence-corrected chi connectivity index (χ1v) is 6.95. The first-order chi connectivity index (χ1) is 9.84. The van der Waals surface area contributed by atoms with E-state index < -0.39 is 0 Å². The quantitative estimate of drug-likeness (QED) is 0.906. The lowest BCUT2D eigenvalue weighted by molar-refractivity contribution is -0.116. The van der Waals surface area contributed by atoms with Gasteiger partial charge in [0.25, 0.3) is 0 Å². The molecule has 2 rings (SSSR count). The Morgan fingerprint density at radius 3 is 2.52 bits per heavy atom. The van der Waals surface area contributed by atoms with E-state index in [0.717, 1.165) is 11.3 Å². The maximum absolute atomic E-state index is 12.8. The minimum atomic E-state index is -0.269. The summed E-state index contributed by atoms with van der Waals surface area (Å²) >= 11 is 0. The summed E-state index contributed by atoms with van der Waals surface area (Å²) in [6.45, 7) is 6.21. The SMILES string of the molecule is CC(C)(C)c1cc(NC(=O)CCc2ccc(F)cc2)n[nH]1. The second kappa shape index (κ2) is 6.08. The molecule has 0 atom stereocenters. The van der Waals surface area contributed by atoms with Crippen LogP contribution < -0.4 is 5.32 Å². The Morgan fingerprint density at radius 1 is 1.29 bits per heavy atom. The van der Waals surface area contributed by atoms with Gasteiger partial charge in [0.2, 0.25) is 5.91 Å². The molecule has 1 aromatic carbocycles. The minimum Gasteiger partial charge on any atom is -0.309 e. The van der Waals surface area contributed by atoms with Gasteiger partial charge in [-0.3, -0.25) is 9.89 Å². The molecule has 0 saturated heterocycles. The molecule has 0 saturated carbocycles.